The Balaban J connectivity index is 2.31. The van der Waals surface area contributed by atoms with E-state index in [1.807, 2.05) is 25.1 Å². The average Bonchev–Trinajstić information content (AvgIpc) is 2.48. The van der Waals surface area contributed by atoms with Crippen LogP contribution in [0.25, 0.3) is 0 Å². The van der Waals surface area contributed by atoms with Crippen LogP contribution in [0.4, 0.5) is 0 Å². The van der Waals surface area contributed by atoms with E-state index in [1.165, 1.54) is 12.7 Å². The number of methoxy groups -OCH3 is 1. The molecule has 1 aromatic rings. The van der Waals surface area contributed by atoms with Crippen molar-refractivity contribution in [3.05, 3.63) is 47.2 Å². The molecular formula is C17H22O3. The fourth-order valence-electron chi connectivity index (χ4n) is 2.80. The van der Waals surface area contributed by atoms with Crippen molar-refractivity contribution in [1.29, 1.82) is 0 Å². The Morgan fingerprint density at radius 1 is 1.35 bits per heavy atom. The van der Waals surface area contributed by atoms with Crippen LogP contribution in [0.3, 0.4) is 0 Å². The normalized spacial score (nSPS) is 22.4. The van der Waals surface area contributed by atoms with E-state index in [-0.39, 0.29) is 18.0 Å². The molecule has 108 valence electrons. The van der Waals surface area contributed by atoms with Crippen molar-refractivity contribution in [3.63, 3.8) is 0 Å². The minimum atomic E-state index is -0.279. The van der Waals surface area contributed by atoms with Crippen LogP contribution >= 0.6 is 0 Å². The molecule has 0 saturated heterocycles. The molecule has 0 fully saturated rings. The van der Waals surface area contributed by atoms with E-state index in [0.717, 1.165) is 12.8 Å². The van der Waals surface area contributed by atoms with Crippen molar-refractivity contribution in [2.24, 2.45) is 0 Å². The molecule has 0 spiro atoms. The molecule has 3 heteroatoms. The average molecular weight is 274 g/mol. The highest BCUT2D eigenvalue weighted by molar-refractivity contribution is 5.89. The van der Waals surface area contributed by atoms with Crippen LogP contribution in [0.1, 0.15) is 44.6 Å². The van der Waals surface area contributed by atoms with Gasteiger partial charge in [0.05, 0.1) is 12.7 Å². The summed E-state index contributed by atoms with van der Waals surface area (Å²) >= 11 is 0. The zero-order valence-corrected chi connectivity index (χ0v) is 12.4. The Morgan fingerprint density at radius 2 is 2.05 bits per heavy atom. The van der Waals surface area contributed by atoms with Gasteiger partial charge < -0.3 is 9.47 Å². The molecule has 0 saturated carbocycles. The van der Waals surface area contributed by atoms with Crippen molar-refractivity contribution in [2.45, 2.75) is 45.1 Å². The number of hydrogen-bond acceptors (Lipinski definition) is 3. The smallest absolute Gasteiger partial charge is 0.337 e. The molecule has 0 unspecified atom stereocenters. The minimum Gasteiger partial charge on any atom is -0.494 e. The van der Waals surface area contributed by atoms with Crippen LogP contribution in [0.15, 0.2) is 41.7 Å². The summed E-state index contributed by atoms with van der Waals surface area (Å²) in [7, 11) is 1.41. The second kappa shape index (κ2) is 6.60. The van der Waals surface area contributed by atoms with Gasteiger partial charge in [0.15, 0.2) is 0 Å². The Bertz CT molecular complexity index is 490. The first-order valence-corrected chi connectivity index (χ1v) is 7.17. The first-order chi connectivity index (χ1) is 9.67. The Morgan fingerprint density at radius 3 is 2.65 bits per heavy atom. The Kier molecular flexibility index (Phi) is 4.83. The van der Waals surface area contributed by atoms with Gasteiger partial charge in [-0.15, -0.1) is 0 Å². The molecule has 2 atom stereocenters. The van der Waals surface area contributed by atoms with E-state index in [0.29, 0.717) is 17.8 Å². The molecule has 0 amide bonds. The molecule has 1 aliphatic heterocycles. The molecule has 0 aliphatic carbocycles. The van der Waals surface area contributed by atoms with E-state index < -0.39 is 0 Å². The summed E-state index contributed by atoms with van der Waals surface area (Å²) in [6.07, 6.45) is 2.88. The van der Waals surface area contributed by atoms with Crippen LogP contribution in [0.2, 0.25) is 0 Å². The summed E-state index contributed by atoms with van der Waals surface area (Å²) < 4.78 is 10.9. The molecule has 1 aliphatic rings. The predicted octanol–water partition coefficient (Wildman–Crippen LogP) is 3.81. The highest BCUT2D eigenvalue weighted by Crippen LogP contribution is 2.38. The number of allylic oxidation sites excluding steroid dienone is 1. The summed E-state index contributed by atoms with van der Waals surface area (Å²) in [6, 6.07) is 10.3. The topological polar surface area (TPSA) is 35.5 Å². The second-order valence-corrected chi connectivity index (χ2v) is 5.19. The van der Waals surface area contributed by atoms with Crippen molar-refractivity contribution in [2.75, 3.05) is 7.11 Å². The van der Waals surface area contributed by atoms with Gasteiger partial charge in [-0.1, -0.05) is 43.7 Å². The SMILES string of the molecule is CCC[C@@H]1OC(C)=C(C(=O)OC)C[C@@H]1c1ccccc1. The predicted molar refractivity (Wildman–Crippen MR) is 78.3 cm³/mol. The number of carbonyl (C=O) groups is 1. The number of hydrogen-bond donors (Lipinski definition) is 0. The zero-order chi connectivity index (χ0) is 14.5. The van der Waals surface area contributed by atoms with Crippen LogP contribution in [-0.4, -0.2) is 19.2 Å². The maximum absolute atomic E-state index is 11.9. The number of benzene rings is 1. The van der Waals surface area contributed by atoms with Crippen LogP contribution in [0, 0.1) is 0 Å². The van der Waals surface area contributed by atoms with Gasteiger partial charge in [0, 0.05) is 5.92 Å². The van der Waals surface area contributed by atoms with Gasteiger partial charge in [0.2, 0.25) is 0 Å². The van der Waals surface area contributed by atoms with Gasteiger partial charge in [-0.3, -0.25) is 0 Å². The molecule has 3 nitrogen and oxygen atoms in total. The van der Waals surface area contributed by atoms with Crippen LogP contribution in [-0.2, 0) is 14.3 Å². The Labute approximate surface area is 120 Å². The van der Waals surface area contributed by atoms with Gasteiger partial charge in [-0.2, -0.15) is 0 Å². The van der Waals surface area contributed by atoms with E-state index in [4.69, 9.17) is 9.47 Å². The maximum atomic E-state index is 11.9. The standard InChI is InChI=1S/C17H22O3/c1-4-8-16-15(13-9-6-5-7-10-13)11-14(12(2)20-16)17(18)19-3/h5-7,9-10,15-16H,4,8,11H2,1-3H3/t15-,16+/m1/s1. The third kappa shape index (κ3) is 3.03. The fourth-order valence-corrected chi connectivity index (χ4v) is 2.80. The van der Waals surface area contributed by atoms with Gasteiger partial charge >= 0.3 is 5.97 Å². The Hall–Kier alpha value is -1.77. The van der Waals surface area contributed by atoms with E-state index in [9.17, 15) is 4.79 Å². The maximum Gasteiger partial charge on any atom is 0.337 e. The first-order valence-electron chi connectivity index (χ1n) is 7.17. The molecule has 2 rings (SSSR count). The largest absolute Gasteiger partial charge is 0.494 e. The molecule has 1 heterocycles. The van der Waals surface area contributed by atoms with Crippen molar-refractivity contribution in [1.82, 2.24) is 0 Å². The fraction of sp³-hybridized carbons (Fsp3) is 0.471. The van der Waals surface area contributed by atoms with Crippen LogP contribution in [0.5, 0.6) is 0 Å². The molecular weight excluding hydrogens is 252 g/mol. The number of rotatable bonds is 4. The molecule has 0 aromatic heterocycles. The number of ether oxygens (including phenoxy) is 2. The first kappa shape index (κ1) is 14.6. The van der Waals surface area contributed by atoms with Gasteiger partial charge in [-0.25, -0.2) is 4.79 Å². The number of esters is 1. The summed E-state index contributed by atoms with van der Waals surface area (Å²) in [4.78, 5) is 11.9. The van der Waals surface area contributed by atoms with E-state index in [1.54, 1.807) is 0 Å². The third-order valence-corrected chi connectivity index (χ3v) is 3.86. The van der Waals surface area contributed by atoms with Crippen molar-refractivity contribution < 1.29 is 14.3 Å². The van der Waals surface area contributed by atoms with Gasteiger partial charge in [0.25, 0.3) is 0 Å². The van der Waals surface area contributed by atoms with Gasteiger partial charge in [-0.05, 0) is 25.3 Å². The highest BCUT2D eigenvalue weighted by Gasteiger charge is 2.33. The summed E-state index contributed by atoms with van der Waals surface area (Å²) in [5, 5.41) is 0. The quantitative estimate of drug-likeness (QED) is 0.783. The zero-order valence-electron chi connectivity index (χ0n) is 12.4. The minimum absolute atomic E-state index is 0.135. The molecule has 0 radical (unpaired) electrons. The lowest BCUT2D eigenvalue weighted by atomic mass is 9.83. The van der Waals surface area contributed by atoms with Crippen molar-refractivity contribution in [3.8, 4) is 0 Å². The summed E-state index contributed by atoms with van der Waals surface area (Å²) in [5.41, 5.74) is 1.88. The van der Waals surface area contributed by atoms with E-state index in [2.05, 4.69) is 19.1 Å². The molecule has 0 bridgehead atoms. The summed E-state index contributed by atoms with van der Waals surface area (Å²) in [5.74, 6) is 0.648. The van der Waals surface area contributed by atoms with Crippen molar-refractivity contribution >= 4 is 5.97 Å². The van der Waals surface area contributed by atoms with Gasteiger partial charge in [0.1, 0.15) is 11.9 Å². The van der Waals surface area contributed by atoms with E-state index >= 15 is 0 Å². The molecule has 0 N–H and O–H groups in total. The highest BCUT2D eigenvalue weighted by atomic mass is 16.5. The lowest BCUT2D eigenvalue weighted by Crippen LogP contribution is -2.29. The monoisotopic (exact) mass is 274 g/mol. The van der Waals surface area contributed by atoms with Crippen LogP contribution < -0.4 is 0 Å². The third-order valence-electron chi connectivity index (χ3n) is 3.86. The lowest BCUT2D eigenvalue weighted by Gasteiger charge is -2.34. The second-order valence-electron chi connectivity index (χ2n) is 5.19. The number of carbonyl (C=O) groups excluding carboxylic acids is 1. The summed E-state index contributed by atoms with van der Waals surface area (Å²) in [6.45, 7) is 4.01. The molecule has 20 heavy (non-hydrogen) atoms. The molecule has 1 aromatic carbocycles. The lowest BCUT2D eigenvalue weighted by molar-refractivity contribution is -0.137.